The minimum atomic E-state index is 0.143. The van der Waals surface area contributed by atoms with Gasteiger partial charge in [0.25, 0.3) is 0 Å². The number of benzene rings is 3. The molecule has 0 radical (unpaired) electrons. The van der Waals surface area contributed by atoms with Gasteiger partial charge in [-0.2, -0.15) is 0 Å². The van der Waals surface area contributed by atoms with E-state index in [0.717, 1.165) is 28.2 Å². The van der Waals surface area contributed by atoms with Crippen molar-refractivity contribution >= 4 is 17.1 Å². The molecule has 128 valence electrons. The van der Waals surface area contributed by atoms with E-state index in [4.69, 9.17) is 5.11 Å². The van der Waals surface area contributed by atoms with Crippen molar-refractivity contribution in [2.24, 2.45) is 0 Å². The van der Waals surface area contributed by atoms with Crippen LogP contribution in [0, 0.1) is 0 Å². The molecular formula is C22H23NO2. The molecule has 3 rings (SSSR count). The largest absolute Gasteiger partial charge is 0.396 e. The Bertz CT molecular complexity index is 785. The van der Waals surface area contributed by atoms with Crippen LogP contribution in [0.1, 0.15) is 11.1 Å². The molecule has 0 aromatic heterocycles. The van der Waals surface area contributed by atoms with Gasteiger partial charge in [-0.3, -0.25) is 0 Å². The maximum atomic E-state index is 9.23. The van der Waals surface area contributed by atoms with Crippen LogP contribution in [-0.2, 0) is 12.8 Å². The summed E-state index contributed by atoms with van der Waals surface area (Å²) in [6.45, 7) is 0.301. The Morgan fingerprint density at radius 3 is 1.84 bits per heavy atom. The molecule has 0 aliphatic rings. The van der Waals surface area contributed by atoms with Crippen LogP contribution in [0.2, 0.25) is 0 Å². The molecule has 0 amide bonds. The van der Waals surface area contributed by atoms with Crippen molar-refractivity contribution in [3.63, 3.8) is 0 Å². The topological polar surface area (TPSA) is 43.7 Å². The van der Waals surface area contributed by atoms with Crippen LogP contribution in [0.3, 0.4) is 0 Å². The average Bonchev–Trinajstić information content (AvgIpc) is 2.65. The van der Waals surface area contributed by atoms with Crippen molar-refractivity contribution in [2.45, 2.75) is 12.8 Å². The molecule has 0 aliphatic heterocycles. The van der Waals surface area contributed by atoms with Gasteiger partial charge in [-0.25, -0.2) is 0 Å². The van der Waals surface area contributed by atoms with Crippen molar-refractivity contribution in [1.29, 1.82) is 0 Å². The highest BCUT2D eigenvalue weighted by atomic mass is 16.3. The maximum Gasteiger partial charge on any atom is 0.0471 e. The zero-order valence-corrected chi connectivity index (χ0v) is 14.2. The van der Waals surface area contributed by atoms with Crippen molar-refractivity contribution in [3.8, 4) is 0 Å². The molecule has 25 heavy (non-hydrogen) atoms. The molecule has 0 aliphatic carbocycles. The van der Waals surface area contributed by atoms with Gasteiger partial charge in [-0.1, -0.05) is 42.5 Å². The van der Waals surface area contributed by atoms with Gasteiger partial charge in [-0.15, -0.1) is 0 Å². The standard InChI is InChI=1S/C22H23NO2/c24-15-13-18-9-11-21(12-10-18)23(20-6-2-1-3-7-20)22-8-4-5-19(17-22)14-16-25/h1-12,17,24-25H,13-16H2. The van der Waals surface area contributed by atoms with E-state index in [1.807, 2.05) is 30.3 Å². The van der Waals surface area contributed by atoms with Crippen LogP contribution in [0.15, 0.2) is 78.9 Å². The minimum absolute atomic E-state index is 0.143. The molecule has 2 N–H and O–H groups in total. The molecule has 3 aromatic rings. The van der Waals surface area contributed by atoms with E-state index >= 15 is 0 Å². The maximum absolute atomic E-state index is 9.23. The average molecular weight is 333 g/mol. The molecule has 0 bridgehead atoms. The SMILES string of the molecule is OCCc1ccc(N(c2ccccc2)c2cccc(CCO)c2)cc1. The molecule has 0 saturated heterocycles. The summed E-state index contributed by atoms with van der Waals surface area (Å²) in [5, 5.41) is 18.3. The highest BCUT2D eigenvalue weighted by Gasteiger charge is 2.12. The van der Waals surface area contributed by atoms with Crippen molar-refractivity contribution in [2.75, 3.05) is 18.1 Å². The lowest BCUT2D eigenvalue weighted by molar-refractivity contribution is 0.299. The first kappa shape index (κ1) is 17.2. The van der Waals surface area contributed by atoms with E-state index in [2.05, 4.69) is 53.4 Å². The zero-order chi connectivity index (χ0) is 17.5. The van der Waals surface area contributed by atoms with E-state index < -0.39 is 0 Å². The fourth-order valence-corrected chi connectivity index (χ4v) is 2.95. The second-order valence-corrected chi connectivity index (χ2v) is 5.95. The third kappa shape index (κ3) is 4.27. The van der Waals surface area contributed by atoms with Crippen LogP contribution >= 0.6 is 0 Å². The summed E-state index contributed by atoms with van der Waals surface area (Å²) in [7, 11) is 0. The second kappa shape index (κ2) is 8.47. The molecule has 0 spiro atoms. The summed E-state index contributed by atoms with van der Waals surface area (Å²) in [5.74, 6) is 0. The fourth-order valence-electron chi connectivity index (χ4n) is 2.95. The first-order valence-corrected chi connectivity index (χ1v) is 8.56. The highest BCUT2D eigenvalue weighted by Crippen LogP contribution is 2.34. The van der Waals surface area contributed by atoms with E-state index in [0.29, 0.717) is 12.8 Å². The van der Waals surface area contributed by atoms with Crippen LogP contribution in [0.4, 0.5) is 17.1 Å². The van der Waals surface area contributed by atoms with Gasteiger partial charge in [-0.05, 0) is 60.4 Å². The van der Waals surface area contributed by atoms with Gasteiger partial charge in [0, 0.05) is 30.3 Å². The molecule has 3 nitrogen and oxygen atoms in total. The third-order valence-electron chi connectivity index (χ3n) is 4.18. The van der Waals surface area contributed by atoms with Gasteiger partial charge in [0.2, 0.25) is 0 Å². The number of aliphatic hydroxyl groups is 2. The van der Waals surface area contributed by atoms with E-state index in [9.17, 15) is 5.11 Å². The fraction of sp³-hybridized carbons (Fsp3) is 0.182. The summed E-state index contributed by atoms with van der Waals surface area (Å²) in [4.78, 5) is 2.20. The summed E-state index contributed by atoms with van der Waals surface area (Å²) in [6.07, 6.45) is 1.31. The predicted octanol–water partition coefficient (Wildman–Crippen LogP) is 4.23. The Morgan fingerprint density at radius 1 is 0.560 bits per heavy atom. The van der Waals surface area contributed by atoms with Gasteiger partial charge in [0.15, 0.2) is 0 Å². The Morgan fingerprint density at radius 2 is 1.16 bits per heavy atom. The third-order valence-corrected chi connectivity index (χ3v) is 4.18. The molecule has 0 heterocycles. The quantitative estimate of drug-likeness (QED) is 0.680. The number of nitrogens with zero attached hydrogens (tertiary/aromatic N) is 1. The Kier molecular flexibility index (Phi) is 5.83. The lowest BCUT2D eigenvalue weighted by Gasteiger charge is -2.26. The van der Waals surface area contributed by atoms with Crippen molar-refractivity contribution in [1.82, 2.24) is 0 Å². The molecular weight excluding hydrogens is 310 g/mol. The van der Waals surface area contributed by atoms with Crippen LogP contribution in [0.5, 0.6) is 0 Å². The van der Waals surface area contributed by atoms with Gasteiger partial charge < -0.3 is 15.1 Å². The van der Waals surface area contributed by atoms with Crippen molar-refractivity contribution in [3.05, 3.63) is 90.0 Å². The summed E-state index contributed by atoms with van der Waals surface area (Å²) in [5.41, 5.74) is 5.44. The first-order chi connectivity index (χ1) is 12.3. The highest BCUT2D eigenvalue weighted by molar-refractivity contribution is 5.76. The summed E-state index contributed by atoms with van der Waals surface area (Å²) in [6, 6.07) is 26.8. The lowest BCUT2D eigenvalue weighted by atomic mass is 10.1. The first-order valence-electron chi connectivity index (χ1n) is 8.56. The van der Waals surface area contributed by atoms with E-state index in [1.54, 1.807) is 0 Å². The van der Waals surface area contributed by atoms with Gasteiger partial charge in [0.1, 0.15) is 0 Å². The van der Waals surface area contributed by atoms with E-state index in [-0.39, 0.29) is 13.2 Å². The smallest absolute Gasteiger partial charge is 0.0471 e. The van der Waals surface area contributed by atoms with E-state index in [1.165, 1.54) is 0 Å². The number of anilines is 3. The molecule has 3 heteroatoms. The summed E-state index contributed by atoms with van der Waals surface area (Å²) >= 11 is 0. The van der Waals surface area contributed by atoms with Crippen LogP contribution in [0.25, 0.3) is 0 Å². The molecule has 0 atom stereocenters. The summed E-state index contributed by atoms with van der Waals surface area (Å²) < 4.78 is 0. The number of para-hydroxylation sites is 1. The normalized spacial score (nSPS) is 10.6. The minimum Gasteiger partial charge on any atom is -0.396 e. The van der Waals surface area contributed by atoms with Gasteiger partial charge >= 0.3 is 0 Å². The Balaban J connectivity index is 2.02. The number of rotatable bonds is 7. The molecule has 0 fully saturated rings. The van der Waals surface area contributed by atoms with Crippen molar-refractivity contribution < 1.29 is 10.2 Å². The lowest BCUT2D eigenvalue weighted by Crippen LogP contribution is -2.10. The molecule has 0 saturated carbocycles. The monoisotopic (exact) mass is 333 g/mol. The Labute approximate surface area is 148 Å². The van der Waals surface area contributed by atoms with Crippen LogP contribution in [-0.4, -0.2) is 23.4 Å². The zero-order valence-electron chi connectivity index (χ0n) is 14.2. The number of aliphatic hydroxyl groups excluding tert-OH is 2. The van der Waals surface area contributed by atoms with Gasteiger partial charge in [0.05, 0.1) is 0 Å². The second-order valence-electron chi connectivity index (χ2n) is 5.95. The predicted molar refractivity (Wildman–Crippen MR) is 103 cm³/mol. The number of hydrogen-bond donors (Lipinski definition) is 2. The number of hydrogen-bond acceptors (Lipinski definition) is 3. The van der Waals surface area contributed by atoms with Crippen LogP contribution < -0.4 is 4.90 Å². The Hall–Kier alpha value is -2.62. The molecule has 3 aromatic carbocycles. The molecule has 0 unspecified atom stereocenters.